The van der Waals surface area contributed by atoms with E-state index in [9.17, 15) is 22.4 Å². The topological polar surface area (TPSA) is 123 Å². The summed E-state index contributed by atoms with van der Waals surface area (Å²) in [5.74, 6) is -2.20. The van der Waals surface area contributed by atoms with Crippen LogP contribution in [0.2, 0.25) is 0 Å². The number of halogens is 1. The molecule has 178 valence electrons. The van der Waals surface area contributed by atoms with Crippen LogP contribution in [0.15, 0.2) is 47.4 Å². The summed E-state index contributed by atoms with van der Waals surface area (Å²) in [7, 11) is -2.53. The molecule has 1 aliphatic rings. The van der Waals surface area contributed by atoms with Gasteiger partial charge in [0, 0.05) is 13.1 Å². The van der Waals surface area contributed by atoms with E-state index in [1.165, 1.54) is 54.7 Å². The van der Waals surface area contributed by atoms with Crippen molar-refractivity contribution < 1.29 is 36.6 Å². The van der Waals surface area contributed by atoms with Gasteiger partial charge in [-0.15, -0.1) is 0 Å². The lowest BCUT2D eigenvalue weighted by Crippen LogP contribution is -2.47. The Labute approximate surface area is 190 Å². The SMILES string of the molecule is COc1ccc(S(=O)(=O)N2CCOCC2)cc1C(=O)NNC(=O)C(C)Oc1ccccc1F. The van der Waals surface area contributed by atoms with E-state index >= 15 is 0 Å². The van der Waals surface area contributed by atoms with E-state index in [1.54, 1.807) is 6.07 Å². The Morgan fingerprint density at radius 3 is 2.45 bits per heavy atom. The van der Waals surface area contributed by atoms with Gasteiger partial charge < -0.3 is 14.2 Å². The number of nitrogens with one attached hydrogen (secondary N) is 2. The smallest absolute Gasteiger partial charge is 0.279 e. The molecule has 1 unspecified atom stereocenters. The zero-order valence-corrected chi connectivity index (χ0v) is 18.9. The van der Waals surface area contributed by atoms with Gasteiger partial charge in [-0.05, 0) is 37.3 Å². The number of ether oxygens (including phenoxy) is 3. The minimum absolute atomic E-state index is 0.0991. The first-order valence-electron chi connectivity index (χ1n) is 10.0. The molecule has 0 aromatic heterocycles. The Balaban J connectivity index is 1.70. The van der Waals surface area contributed by atoms with Crippen molar-refractivity contribution in [3.63, 3.8) is 0 Å². The Bertz CT molecular complexity index is 1120. The van der Waals surface area contributed by atoms with Gasteiger partial charge in [-0.3, -0.25) is 20.4 Å². The van der Waals surface area contributed by atoms with Crippen LogP contribution in [0.3, 0.4) is 0 Å². The van der Waals surface area contributed by atoms with E-state index in [-0.39, 0.29) is 48.3 Å². The highest BCUT2D eigenvalue weighted by molar-refractivity contribution is 7.89. The number of amides is 2. The van der Waals surface area contributed by atoms with Gasteiger partial charge >= 0.3 is 0 Å². The molecule has 0 saturated carbocycles. The molecule has 33 heavy (non-hydrogen) atoms. The number of hydrogen-bond acceptors (Lipinski definition) is 7. The molecule has 10 nitrogen and oxygen atoms in total. The number of methoxy groups -OCH3 is 1. The molecule has 0 aliphatic carbocycles. The van der Waals surface area contributed by atoms with Crippen LogP contribution in [0, 0.1) is 5.82 Å². The van der Waals surface area contributed by atoms with Gasteiger partial charge in [0.15, 0.2) is 17.7 Å². The number of morpholine rings is 1. The predicted octanol–water partition coefficient (Wildman–Crippen LogP) is 1.08. The highest BCUT2D eigenvalue weighted by Gasteiger charge is 2.28. The number of carbonyl (C=O) groups is 2. The average molecular weight is 482 g/mol. The van der Waals surface area contributed by atoms with Crippen molar-refractivity contribution >= 4 is 21.8 Å². The van der Waals surface area contributed by atoms with Gasteiger partial charge in [-0.25, -0.2) is 12.8 Å². The Hall–Kier alpha value is -3.22. The standard InChI is InChI=1S/C21H24FN3O7S/c1-14(32-19-6-4-3-5-17(19)22)20(26)23-24-21(27)16-13-15(7-8-18(16)30-2)33(28,29)25-9-11-31-12-10-25/h3-8,13-14H,9-12H2,1-2H3,(H,23,26)(H,24,27). The Morgan fingerprint density at radius 2 is 1.79 bits per heavy atom. The number of para-hydroxylation sites is 1. The van der Waals surface area contributed by atoms with E-state index in [0.29, 0.717) is 0 Å². The van der Waals surface area contributed by atoms with Crippen molar-refractivity contribution in [1.82, 2.24) is 15.2 Å². The zero-order chi connectivity index (χ0) is 24.0. The highest BCUT2D eigenvalue weighted by Crippen LogP contribution is 2.25. The molecule has 2 aromatic rings. The molecule has 1 atom stereocenters. The third-order valence-corrected chi connectivity index (χ3v) is 6.73. The van der Waals surface area contributed by atoms with Gasteiger partial charge in [-0.1, -0.05) is 12.1 Å². The van der Waals surface area contributed by atoms with E-state index in [4.69, 9.17) is 14.2 Å². The van der Waals surface area contributed by atoms with Crippen molar-refractivity contribution in [3.8, 4) is 11.5 Å². The van der Waals surface area contributed by atoms with E-state index in [0.717, 1.165) is 0 Å². The van der Waals surface area contributed by atoms with Crippen LogP contribution in [0.4, 0.5) is 4.39 Å². The molecule has 2 N–H and O–H groups in total. The summed E-state index contributed by atoms with van der Waals surface area (Å²) in [6.07, 6.45) is -1.13. The average Bonchev–Trinajstić information content (AvgIpc) is 2.83. The molecule has 1 aliphatic heterocycles. The first-order valence-corrected chi connectivity index (χ1v) is 11.5. The summed E-state index contributed by atoms with van der Waals surface area (Å²) in [4.78, 5) is 24.8. The van der Waals surface area contributed by atoms with E-state index in [2.05, 4.69) is 10.9 Å². The molecule has 1 saturated heterocycles. The second-order valence-electron chi connectivity index (χ2n) is 7.01. The largest absolute Gasteiger partial charge is 0.496 e. The summed E-state index contributed by atoms with van der Waals surface area (Å²) in [5, 5.41) is 0. The molecule has 12 heteroatoms. The minimum Gasteiger partial charge on any atom is -0.496 e. The van der Waals surface area contributed by atoms with Gasteiger partial charge in [0.2, 0.25) is 10.0 Å². The van der Waals surface area contributed by atoms with E-state index < -0.39 is 33.8 Å². The van der Waals surface area contributed by atoms with Gasteiger partial charge in [0.05, 0.1) is 30.8 Å². The summed E-state index contributed by atoms with van der Waals surface area (Å²) < 4.78 is 56.4. The maximum atomic E-state index is 13.7. The third kappa shape index (κ3) is 5.78. The number of rotatable bonds is 7. The van der Waals surface area contributed by atoms with Gasteiger partial charge in [-0.2, -0.15) is 4.31 Å². The van der Waals surface area contributed by atoms with Gasteiger partial charge in [0.25, 0.3) is 11.8 Å². The number of nitrogens with zero attached hydrogens (tertiary/aromatic N) is 1. The number of sulfonamides is 1. The van der Waals surface area contributed by atoms with Gasteiger partial charge in [0.1, 0.15) is 5.75 Å². The van der Waals surface area contributed by atoms with Crippen LogP contribution in [0.25, 0.3) is 0 Å². The second-order valence-corrected chi connectivity index (χ2v) is 8.95. The lowest BCUT2D eigenvalue weighted by molar-refractivity contribution is -0.128. The molecule has 0 bridgehead atoms. The van der Waals surface area contributed by atoms with Crippen LogP contribution >= 0.6 is 0 Å². The fraction of sp³-hybridized carbons (Fsp3) is 0.333. The highest BCUT2D eigenvalue weighted by atomic mass is 32.2. The quantitative estimate of drug-likeness (QED) is 0.568. The number of hydrogen-bond donors (Lipinski definition) is 2. The van der Waals surface area contributed by atoms with E-state index in [1.807, 2.05) is 0 Å². The third-order valence-electron chi connectivity index (χ3n) is 4.83. The predicted molar refractivity (Wildman–Crippen MR) is 115 cm³/mol. The minimum atomic E-state index is -3.85. The van der Waals surface area contributed by atoms with Crippen LogP contribution in [0.5, 0.6) is 11.5 Å². The molecule has 1 heterocycles. The molecule has 2 aromatic carbocycles. The number of benzene rings is 2. The van der Waals surface area contributed by atoms with Crippen LogP contribution in [-0.2, 0) is 19.6 Å². The number of carbonyl (C=O) groups excluding carboxylic acids is 2. The lowest BCUT2D eigenvalue weighted by Gasteiger charge is -2.26. The van der Waals surface area contributed by atoms with Crippen LogP contribution in [0.1, 0.15) is 17.3 Å². The second kappa shape index (κ2) is 10.6. The summed E-state index contributed by atoms with van der Waals surface area (Å²) >= 11 is 0. The normalized spacial score (nSPS) is 15.4. The summed E-state index contributed by atoms with van der Waals surface area (Å²) in [6, 6.07) is 9.44. The number of hydrazine groups is 1. The van der Waals surface area contributed by atoms with Crippen molar-refractivity contribution in [2.45, 2.75) is 17.9 Å². The first kappa shape index (κ1) is 24.4. The molecule has 0 spiro atoms. The zero-order valence-electron chi connectivity index (χ0n) is 18.0. The lowest BCUT2D eigenvalue weighted by atomic mass is 10.2. The maximum Gasteiger partial charge on any atom is 0.279 e. The monoisotopic (exact) mass is 481 g/mol. The molecular weight excluding hydrogens is 457 g/mol. The fourth-order valence-electron chi connectivity index (χ4n) is 3.03. The van der Waals surface area contributed by atoms with Crippen molar-refractivity contribution in [3.05, 3.63) is 53.8 Å². The molecule has 2 amide bonds. The Kier molecular flexibility index (Phi) is 7.84. The molecule has 1 fully saturated rings. The fourth-order valence-corrected chi connectivity index (χ4v) is 4.47. The van der Waals surface area contributed by atoms with Crippen LogP contribution in [-0.4, -0.2) is 64.1 Å². The molecule has 3 rings (SSSR count). The molecular formula is C21H24FN3O7S. The first-order chi connectivity index (χ1) is 15.7. The maximum absolute atomic E-state index is 13.7. The van der Waals surface area contributed by atoms with Crippen LogP contribution < -0.4 is 20.3 Å². The van der Waals surface area contributed by atoms with Crippen molar-refractivity contribution in [2.75, 3.05) is 33.4 Å². The van der Waals surface area contributed by atoms with Crippen molar-refractivity contribution in [2.24, 2.45) is 0 Å². The van der Waals surface area contributed by atoms with Crippen molar-refractivity contribution in [1.29, 1.82) is 0 Å². The molecule has 0 radical (unpaired) electrons. The Morgan fingerprint density at radius 1 is 1.09 bits per heavy atom. The summed E-state index contributed by atoms with van der Waals surface area (Å²) in [6.45, 7) is 2.34. The summed E-state index contributed by atoms with van der Waals surface area (Å²) in [5.41, 5.74) is 4.27.